The predicted octanol–water partition coefficient (Wildman–Crippen LogP) is -11.9. The number of phosphoric acid groups is 1. The average molecular weight is 284 g/mol. The van der Waals surface area contributed by atoms with Crippen LogP contribution in [0, 0.1) is 0 Å². The molecule has 13 heavy (non-hydrogen) atoms. The maximum absolute atomic E-state index is 9.64. The molecule has 0 spiro atoms. The van der Waals surface area contributed by atoms with E-state index in [1.54, 1.807) is 0 Å². The summed E-state index contributed by atoms with van der Waals surface area (Å²) in [5, 5.41) is 9.64. The number of carbonyl (C=O) groups is 1. The number of carboxylic acids is 1. The SMILES string of the molecule is [13CH2]=[13C](OP(=O)([O-])[O-])C(=O)[O-].[K+].[K+].[K+]. The van der Waals surface area contributed by atoms with Crippen molar-refractivity contribution in [3.63, 3.8) is 0 Å². The largest absolute Gasteiger partial charge is 1.00 e. The first kappa shape index (κ1) is 25.8. The van der Waals surface area contributed by atoms with E-state index in [-0.39, 0.29) is 154 Å². The fourth-order valence-electron chi connectivity index (χ4n) is 0.172. The van der Waals surface area contributed by atoms with Gasteiger partial charge in [0.1, 0.15) is 19.6 Å². The molecule has 0 aliphatic heterocycles. The summed E-state index contributed by atoms with van der Waals surface area (Å²) in [6.45, 7) is 2.58. The Bertz CT molecular complexity index is 211. The zero-order chi connectivity index (χ0) is 8.36. The Balaban J connectivity index is -0.000000135. The second kappa shape index (κ2) is 12.5. The molecular weight excluding hydrogens is 282 g/mol. The molecule has 0 heterocycles. The van der Waals surface area contributed by atoms with Gasteiger partial charge in [0.25, 0.3) is 0 Å². The maximum Gasteiger partial charge on any atom is 1.00 e. The summed E-state index contributed by atoms with van der Waals surface area (Å²) >= 11 is 0. The van der Waals surface area contributed by atoms with Gasteiger partial charge in [0.05, 0.1) is 0 Å². The van der Waals surface area contributed by atoms with Crippen LogP contribution in [0.3, 0.4) is 0 Å². The van der Waals surface area contributed by atoms with Crippen LogP contribution in [0.5, 0.6) is 0 Å². The minimum absolute atomic E-state index is 0. The van der Waals surface area contributed by atoms with E-state index in [0.29, 0.717) is 0 Å². The van der Waals surface area contributed by atoms with Crippen molar-refractivity contribution >= 4 is 13.8 Å². The van der Waals surface area contributed by atoms with Gasteiger partial charge in [-0.15, -0.1) is 0 Å². The van der Waals surface area contributed by atoms with Gasteiger partial charge in [-0.1, -0.05) is 6.58 Å². The molecule has 10 heteroatoms. The second-order valence-corrected chi connectivity index (χ2v) is 2.33. The van der Waals surface area contributed by atoms with Gasteiger partial charge in [-0.05, 0) is 0 Å². The zero-order valence-corrected chi connectivity index (χ0v) is 17.9. The van der Waals surface area contributed by atoms with E-state index >= 15 is 0 Å². The van der Waals surface area contributed by atoms with Crippen LogP contribution in [0.4, 0.5) is 0 Å². The van der Waals surface area contributed by atoms with Crippen LogP contribution in [0.1, 0.15) is 0 Å². The molecule has 0 aromatic carbocycles. The monoisotopic (exact) mass is 284 g/mol. The van der Waals surface area contributed by atoms with Crippen LogP contribution in [-0.4, -0.2) is 5.97 Å². The topological polar surface area (TPSA) is 113 Å². The quantitative estimate of drug-likeness (QED) is 0.167. The fraction of sp³-hybridized carbons (Fsp3) is 0. The van der Waals surface area contributed by atoms with E-state index in [4.69, 9.17) is 0 Å². The van der Waals surface area contributed by atoms with Crippen LogP contribution in [-0.2, 0) is 13.9 Å². The Kier molecular flexibility index (Phi) is 24.9. The molecule has 0 N–H and O–H groups in total. The molecule has 58 valence electrons. The molecule has 0 aliphatic rings. The number of hydrogen-bond donors (Lipinski definition) is 0. The molecule has 0 unspecified atom stereocenters. The molecule has 0 aromatic rings. The third-order valence-electron chi connectivity index (χ3n) is 0.450. The minimum atomic E-state index is -5.30. The predicted molar refractivity (Wildman–Crippen MR) is 22.8 cm³/mol. The van der Waals surface area contributed by atoms with Gasteiger partial charge >= 0.3 is 154 Å². The smallest absolute Gasteiger partial charge is 0.780 e. The Hall–Kier alpha value is 4.07. The third-order valence-corrected chi connectivity index (χ3v) is 0.894. The Morgan fingerprint density at radius 2 is 1.54 bits per heavy atom. The van der Waals surface area contributed by atoms with Crippen LogP contribution in [0.2, 0.25) is 0 Å². The Labute approximate surface area is 203 Å². The standard InChI is InChI=1S/C3H5O6P.3K/c1-2(3(4)5)9-10(6,7)8;;;/h1H2,(H,4,5)(H2,6,7,8);;;/q;3*+1/p-3/i1+1,2+1;;;. The van der Waals surface area contributed by atoms with E-state index in [0.717, 1.165) is 0 Å². The van der Waals surface area contributed by atoms with Crippen molar-refractivity contribution in [2.75, 3.05) is 0 Å². The molecule has 0 bridgehead atoms. The molecule has 0 rings (SSSR count). The number of phosphoric ester groups is 1. The minimum Gasteiger partial charge on any atom is -0.780 e. The van der Waals surface area contributed by atoms with E-state index in [1.165, 1.54) is 0 Å². The first-order chi connectivity index (χ1) is 4.33. The van der Waals surface area contributed by atoms with Crippen LogP contribution in [0.25, 0.3) is 0 Å². The molecule has 0 amide bonds. The van der Waals surface area contributed by atoms with Crippen molar-refractivity contribution in [2.45, 2.75) is 0 Å². The van der Waals surface area contributed by atoms with Gasteiger partial charge in [-0.3, -0.25) is 0 Å². The Morgan fingerprint density at radius 1 is 1.23 bits per heavy atom. The number of hydrogen-bond acceptors (Lipinski definition) is 6. The molecule has 0 aromatic heterocycles. The maximum atomic E-state index is 9.64. The van der Waals surface area contributed by atoms with Gasteiger partial charge in [0, 0.05) is 0 Å². The molecule has 0 aliphatic carbocycles. The van der Waals surface area contributed by atoms with E-state index < -0.39 is 19.6 Å². The summed E-state index contributed by atoms with van der Waals surface area (Å²) in [5.41, 5.74) is 0. The molecule has 6 nitrogen and oxygen atoms in total. The number of rotatable bonds is 3. The van der Waals surface area contributed by atoms with E-state index in [9.17, 15) is 24.3 Å². The average Bonchev–Trinajstić information content (AvgIpc) is 1.60. The third kappa shape index (κ3) is 18.6. The van der Waals surface area contributed by atoms with E-state index in [1.807, 2.05) is 0 Å². The first-order valence-corrected chi connectivity index (χ1v) is 3.41. The van der Waals surface area contributed by atoms with Crippen LogP contribution >= 0.6 is 7.82 Å². The molecular formula is C3H2K3O6P. The normalized spacial score (nSPS) is 8.15. The first-order valence-electron chi connectivity index (χ1n) is 1.95. The molecule has 0 saturated carbocycles. The van der Waals surface area contributed by atoms with Gasteiger partial charge in [-0.2, -0.15) is 0 Å². The molecule has 0 radical (unpaired) electrons. The van der Waals surface area contributed by atoms with Crippen molar-refractivity contribution < 1.29 is 183 Å². The number of carbonyl (C=O) groups excluding carboxylic acids is 1. The van der Waals surface area contributed by atoms with Crippen LogP contribution < -0.4 is 169 Å². The van der Waals surface area contributed by atoms with Gasteiger partial charge < -0.3 is 28.8 Å². The van der Waals surface area contributed by atoms with Crippen molar-refractivity contribution in [3.8, 4) is 0 Å². The Morgan fingerprint density at radius 3 is 1.62 bits per heavy atom. The van der Waals surface area contributed by atoms with Crippen LogP contribution in [0.15, 0.2) is 12.3 Å². The van der Waals surface area contributed by atoms with E-state index in [2.05, 4.69) is 11.1 Å². The zero-order valence-electron chi connectivity index (χ0n) is 7.60. The molecule has 0 fully saturated rings. The summed E-state index contributed by atoms with van der Waals surface area (Å²) < 4.78 is 12.9. The van der Waals surface area contributed by atoms with Crippen molar-refractivity contribution in [1.29, 1.82) is 0 Å². The van der Waals surface area contributed by atoms with Gasteiger partial charge in [0.2, 0.25) is 0 Å². The van der Waals surface area contributed by atoms with Crippen molar-refractivity contribution in [2.24, 2.45) is 0 Å². The molecule has 0 saturated heterocycles. The summed E-state index contributed by atoms with van der Waals surface area (Å²) in [5.74, 6) is -3.15. The van der Waals surface area contributed by atoms with Crippen molar-refractivity contribution in [3.05, 3.63) is 12.3 Å². The summed E-state index contributed by atoms with van der Waals surface area (Å²) in [7, 11) is -5.30. The molecule has 0 atom stereocenters. The fourth-order valence-corrected chi connectivity index (χ4v) is 0.517. The van der Waals surface area contributed by atoms with Crippen molar-refractivity contribution in [1.82, 2.24) is 0 Å². The second-order valence-electron chi connectivity index (χ2n) is 1.25. The summed E-state index contributed by atoms with van der Waals surface area (Å²) in [6, 6.07) is 0. The summed E-state index contributed by atoms with van der Waals surface area (Å²) in [6.07, 6.45) is 0. The number of aliphatic carboxylic acids is 1. The van der Waals surface area contributed by atoms with Gasteiger partial charge in [-0.25, -0.2) is 0 Å². The number of carboxylic acid groups (broad SMARTS) is 1. The summed E-state index contributed by atoms with van der Waals surface area (Å²) in [4.78, 5) is 28.9. The van der Waals surface area contributed by atoms with Gasteiger partial charge in [0.15, 0.2) is 0 Å².